The standard InChI is InChI=1S/C6H18N6.3H2O/c1-7-4-10-5(8-2)12-6(9-3)11-4;;;/h4-12H,1-3H3;3*1H2. The van der Waals surface area contributed by atoms with E-state index in [4.69, 9.17) is 0 Å². The minimum atomic E-state index is 0. The molecule has 0 saturated carbocycles. The van der Waals surface area contributed by atoms with Crippen LogP contribution in [0.1, 0.15) is 0 Å². The summed E-state index contributed by atoms with van der Waals surface area (Å²) in [4.78, 5) is 0. The SMILES string of the molecule is CNC1NC(NC)NC(NC)N1.O.O.O. The molecular weight excluding hydrogens is 204 g/mol. The van der Waals surface area contributed by atoms with Crippen molar-refractivity contribution in [2.75, 3.05) is 21.1 Å². The third kappa shape index (κ3) is 5.94. The summed E-state index contributed by atoms with van der Waals surface area (Å²) < 4.78 is 0. The summed E-state index contributed by atoms with van der Waals surface area (Å²) in [7, 11) is 5.69. The molecule has 1 saturated heterocycles. The molecule has 1 fully saturated rings. The molecule has 1 heterocycles. The average molecular weight is 228 g/mol. The zero-order chi connectivity index (χ0) is 8.97. The Morgan fingerprint density at radius 2 is 0.800 bits per heavy atom. The highest BCUT2D eigenvalue weighted by atomic mass is 16.0. The van der Waals surface area contributed by atoms with Gasteiger partial charge in [-0.15, -0.1) is 0 Å². The molecule has 1 aliphatic rings. The molecule has 96 valence electrons. The van der Waals surface area contributed by atoms with Gasteiger partial charge in [0.1, 0.15) is 18.9 Å². The molecule has 0 aromatic heterocycles. The van der Waals surface area contributed by atoms with Gasteiger partial charge >= 0.3 is 0 Å². The minimum absolute atomic E-state index is 0. The number of hydrogen-bond donors (Lipinski definition) is 6. The molecule has 0 unspecified atom stereocenters. The maximum Gasteiger partial charge on any atom is 0.116 e. The van der Waals surface area contributed by atoms with Crippen LogP contribution in [-0.4, -0.2) is 56.4 Å². The highest BCUT2D eigenvalue weighted by Gasteiger charge is 2.22. The van der Waals surface area contributed by atoms with Gasteiger partial charge < -0.3 is 16.4 Å². The first kappa shape index (κ1) is 20.1. The van der Waals surface area contributed by atoms with Crippen LogP contribution in [0.3, 0.4) is 0 Å². The van der Waals surface area contributed by atoms with Crippen molar-refractivity contribution in [3.63, 3.8) is 0 Å². The van der Waals surface area contributed by atoms with E-state index >= 15 is 0 Å². The molecule has 0 aromatic carbocycles. The summed E-state index contributed by atoms with van der Waals surface area (Å²) in [5.41, 5.74) is 0. The molecule has 0 aliphatic carbocycles. The zero-order valence-corrected chi connectivity index (χ0v) is 9.23. The van der Waals surface area contributed by atoms with Gasteiger partial charge in [0, 0.05) is 0 Å². The lowest BCUT2D eigenvalue weighted by atomic mass is 10.5. The third-order valence-electron chi connectivity index (χ3n) is 1.87. The van der Waals surface area contributed by atoms with Gasteiger partial charge in [0.05, 0.1) is 0 Å². The number of nitrogens with one attached hydrogen (secondary N) is 6. The minimum Gasteiger partial charge on any atom is -0.412 e. The molecule has 0 spiro atoms. The summed E-state index contributed by atoms with van der Waals surface area (Å²) in [6.45, 7) is 0. The van der Waals surface area contributed by atoms with E-state index in [9.17, 15) is 0 Å². The summed E-state index contributed by atoms with van der Waals surface area (Å²) in [5, 5.41) is 19.0. The maximum atomic E-state index is 3.23. The molecule has 15 heavy (non-hydrogen) atoms. The second-order valence-electron chi connectivity index (χ2n) is 2.67. The fourth-order valence-corrected chi connectivity index (χ4v) is 1.14. The first-order valence-corrected chi connectivity index (χ1v) is 4.10. The molecule has 0 amide bonds. The van der Waals surface area contributed by atoms with Crippen molar-refractivity contribution in [2.24, 2.45) is 0 Å². The summed E-state index contributed by atoms with van der Waals surface area (Å²) in [5.74, 6) is 0. The van der Waals surface area contributed by atoms with E-state index in [-0.39, 0.29) is 35.3 Å². The van der Waals surface area contributed by atoms with Crippen molar-refractivity contribution in [3.8, 4) is 0 Å². The van der Waals surface area contributed by atoms with Crippen LogP contribution < -0.4 is 31.9 Å². The Balaban J connectivity index is -0.000000480. The van der Waals surface area contributed by atoms with Gasteiger partial charge in [-0.3, -0.25) is 31.9 Å². The molecule has 0 bridgehead atoms. The summed E-state index contributed by atoms with van der Waals surface area (Å²) in [6.07, 6.45) is 0.337. The Labute approximate surface area is 89.3 Å². The molecule has 1 rings (SSSR count). The van der Waals surface area contributed by atoms with E-state index < -0.39 is 0 Å². The fourth-order valence-electron chi connectivity index (χ4n) is 1.14. The van der Waals surface area contributed by atoms with Crippen molar-refractivity contribution < 1.29 is 16.4 Å². The first-order valence-electron chi connectivity index (χ1n) is 4.10. The number of rotatable bonds is 3. The van der Waals surface area contributed by atoms with Gasteiger partial charge in [-0.1, -0.05) is 0 Å². The zero-order valence-electron chi connectivity index (χ0n) is 9.23. The van der Waals surface area contributed by atoms with Crippen molar-refractivity contribution in [1.82, 2.24) is 31.9 Å². The topological polar surface area (TPSA) is 167 Å². The van der Waals surface area contributed by atoms with E-state index in [0.717, 1.165) is 0 Å². The van der Waals surface area contributed by atoms with Crippen molar-refractivity contribution in [3.05, 3.63) is 0 Å². The monoisotopic (exact) mass is 228 g/mol. The predicted molar refractivity (Wildman–Crippen MR) is 58.8 cm³/mol. The van der Waals surface area contributed by atoms with Crippen LogP contribution in [-0.2, 0) is 0 Å². The average Bonchev–Trinajstić information content (AvgIpc) is 2.16. The van der Waals surface area contributed by atoms with E-state index in [1.807, 2.05) is 21.1 Å². The van der Waals surface area contributed by atoms with Crippen LogP contribution in [0.15, 0.2) is 0 Å². The van der Waals surface area contributed by atoms with E-state index in [0.29, 0.717) is 0 Å². The number of hydrogen-bond acceptors (Lipinski definition) is 6. The Hall–Kier alpha value is -0.360. The summed E-state index contributed by atoms with van der Waals surface area (Å²) >= 11 is 0. The molecule has 1 aliphatic heterocycles. The molecule has 9 nitrogen and oxygen atoms in total. The van der Waals surface area contributed by atoms with Gasteiger partial charge in [-0.25, -0.2) is 0 Å². The highest BCUT2D eigenvalue weighted by Crippen LogP contribution is 1.85. The van der Waals surface area contributed by atoms with E-state index in [1.165, 1.54) is 0 Å². The Kier molecular flexibility index (Phi) is 13.6. The lowest BCUT2D eigenvalue weighted by Crippen LogP contribution is -2.76. The third-order valence-corrected chi connectivity index (χ3v) is 1.87. The quantitative estimate of drug-likeness (QED) is 0.282. The van der Waals surface area contributed by atoms with Gasteiger partial charge in [0.2, 0.25) is 0 Å². The maximum absolute atomic E-state index is 3.23. The van der Waals surface area contributed by atoms with Gasteiger partial charge in [0.25, 0.3) is 0 Å². The van der Waals surface area contributed by atoms with Crippen LogP contribution in [0.2, 0.25) is 0 Å². The Morgan fingerprint density at radius 1 is 0.600 bits per heavy atom. The van der Waals surface area contributed by atoms with Crippen LogP contribution in [0.4, 0.5) is 0 Å². The molecule has 0 radical (unpaired) electrons. The van der Waals surface area contributed by atoms with Crippen LogP contribution >= 0.6 is 0 Å². The smallest absolute Gasteiger partial charge is 0.116 e. The molecule has 0 atom stereocenters. The lowest BCUT2D eigenvalue weighted by molar-refractivity contribution is 0.149. The van der Waals surface area contributed by atoms with Crippen LogP contribution in [0.5, 0.6) is 0 Å². The first-order chi connectivity index (χ1) is 5.80. The summed E-state index contributed by atoms with van der Waals surface area (Å²) in [6, 6.07) is 0. The van der Waals surface area contributed by atoms with Gasteiger partial charge in [0.15, 0.2) is 0 Å². The van der Waals surface area contributed by atoms with E-state index in [1.54, 1.807) is 0 Å². The van der Waals surface area contributed by atoms with Crippen molar-refractivity contribution in [1.29, 1.82) is 0 Å². The van der Waals surface area contributed by atoms with Crippen LogP contribution in [0, 0.1) is 0 Å². The van der Waals surface area contributed by atoms with Gasteiger partial charge in [-0.05, 0) is 21.1 Å². The van der Waals surface area contributed by atoms with Crippen molar-refractivity contribution >= 4 is 0 Å². The Morgan fingerprint density at radius 3 is 0.933 bits per heavy atom. The molecule has 0 aromatic rings. The second-order valence-corrected chi connectivity index (χ2v) is 2.67. The largest absolute Gasteiger partial charge is 0.412 e. The highest BCUT2D eigenvalue weighted by molar-refractivity contribution is 4.76. The fraction of sp³-hybridized carbons (Fsp3) is 1.00. The van der Waals surface area contributed by atoms with E-state index in [2.05, 4.69) is 31.9 Å². The molecule has 12 N–H and O–H groups in total. The normalized spacial score (nSPS) is 29.4. The molecule has 9 heteroatoms. The van der Waals surface area contributed by atoms with Crippen LogP contribution in [0.25, 0.3) is 0 Å². The molecular formula is C6H24N6O3. The Bertz CT molecular complexity index is 110. The lowest BCUT2D eigenvalue weighted by Gasteiger charge is -2.38. The van der Waals surface area contributed by atoms with Gasteiger partial charge in [-0.2, -0.15) is 0 Å². The van der Waals surface area contributed by atoms with Crippen molar-refractivity contribution in [2.45, 2.75) is 18.9 Å². The predicted octanol–water partition coefficient (Wildman–Crippen LogP) is -5.20. The second kappa shape index (κ2) is 10.2.